The molecule has 0 radical (unpaired) electrons. The zero-order valence-corrected chi connectivity index (χ0v) is 9.75. The lowest BCUT2D eigenvalue weighted by molar-refractivity contribution is -0.119. The molecular formula is C7H16N4O4S. The van der Waals surface area contributed by atoms with Crippen LogP contribution in [0.15, 0.2) is 5.16 Å². The Morgan fingerprint density at radius 3 is 2.56 bits per heavy atom. The molecule has 0 aliphatic rings. The predicted molar refractivity (Wildman–Crippen MR) is 58.5 cm³/mol. The van der Waals surface area contributed by atoms with Crippen LogP contribution in [0.5, 0.6) is 0 Å². The van der Waals surface area contributed by atoms with Crippen molar-refractivity contribution in [3.05, 3.63) is 0 Å². The van der Waals surface area contributed by atoms with Crippen molar-refractivity contribution in [1.29, 1.82) is 0 Å². The zero-order valence-electron chi connectivity index (χ0n) is 8.93. The van der Waals surface area contributed by atoms with Gasteiger partial charge >= 0.3 is 0 Å². The molecule has 0 rings (SSSR count). The van der Waals surface area contributed by atoms with Crippen LogP contribution in [0.1, 0.15) is 12.8 Å². The normalized spacial score (nSPS) is 12.4. The van der Waals surface area contributed by atoms with Gasteiger partial charge in [0.05, 0.1) is 12.7 Å². The van der Waals surface area contributed by atoms with E-state index in [9.17, 15) is 13.2 Å². The number of hydrogen-bond donors (Lipinski definition) is 4. The maximum absolute atomic E-state index is 11.1. The van der Waals surface area contributed by atoms with Crippen LogP contribution in [-0.4, -0.2) is 44.7 Å². The van der Waals surface area contributed by atoms with Gasteiger partial charge in [-0.2, -0.15) is 0 Å². The molecule has 0 fully saturated rings. The Morgan fingerprint density at radius 1 is 1.44 bits per heavy atom. The smallest absolute Gasteiger partial charge is 0.227 e. The Morgan fingerprint density at radius 2 is 2.06 bits per heavy atom. The number of amidine groups is 1. The van der Waals surface area contributed by atoms with E-state index in [4.69, 9.17) is 10.9 Å². The number of sulfonamides is 1. The van der Waals surface area contributed by atoms with E-state index >= 15 is 0 Å². The Bertz CT molecular complexity index is 351. The van der Waals surface area contributed by atoms with Crippen LogP contribution in [0.3, 0.4) is 0 Å². The summed E-state index contributed by atoms with van der Waals surface area (Å²) in [4.78, 5) is 11.1. The Hall–Kier alpha value is -1.35. The molecule has 0 heterocycles. The maximum atomic E-state index is 11.1. The standard InChI is InChI=1S/C7H16N4O4S/c1-16(14,15)10-4-2-3-9-7(12)5-6(8)11-13/h10,13H,2-5H2,1H3,(H2,8,11)(H,9,12). The second-order valence-electron chi connectivity index (χ2n) is 3.14. The van der Waals surface area contributed by atoms with Gasteiger partial charge in [-0.05, 0) is 6.42 Å². The summed E-state index contributed by atoms with van der Waals surface area (Å²) in [6, 6.07) is 0. The summed E-state index contributed by atoms with van der Waals surface area (Å²) < 4.78 is 23.6. The first-order valence-corrected chi connectivity index (χ1v) is 6.42. The molecule has 8 nitrogen and oxygen atoms in total. The molecule has 0 aromatic carbocycles. The van der Waals surface area contributed by atoms with Crippen molar-refractivity contribution in [2.75, 3.05) is 19.3 Å². The molecule has 0 aliphatic carbocycles. The lowest BCUT2D eigenvalue weighted by Crippen LogP contribution is -2.31. The SMILES string of the molecule is CS(=O)(=O)NCCCNC(=O)CC(N)=NO. The summed E-state index contributed by atoms with van der Waals surface area (Å²) >= 11 is 0. The average Bonchev–Trinajstić information content (AvgIpc) is 2.15. The van der Waals surface area contributed by atoms with E-state index < -0.39 is 10.0 Å². The molecule has 16 heavy (non-hydrogen) atoms. The monoisotopic (exact) mass is 252 g/mol. The highest BCUT2D eigenvalue weighted by Crippen LogP contribution is 1.82. The van der Waals surface area contributed by atoms with E-state index in [0.717, 1.165) is 6.26 Å². The van der Waals surface area contributed by atoms with Crippen LogP contribution in [0, 0.1) is 0 Å². The Kier molecular flexibility index (Phi) is 6.42. The molecular weight excluding hydrogens is 236 g/mol. The fraction of sp³-hybridized carbons (Fsp3) is 0.714. The van der Waals surface area contributed by atoms with Gasteiger partial charge in [-0.25, -0.2) is 13.1 Å². The number of oxime groups is 1. The molecule has 0 aromatic rings. The van der Waals surface area contributed by atoms with Gasteiger partial charge < -0.3 is 16.3 Å². The number of rotatable bonds is 7. The van der Waals surface area contributed by atoms with E-state index in [1.807, 2.05) is 0 Å². The molecule has 0 unspecified atom stereocenters. The number of nitrogens with zero attached hydrogens (tertiary/aromatic N) is 1. The van der Waals surface area contributed by atoms with Gasteiger partial charge in [-0.15, -0.1) is 0 Å². The highest BCUT2D eigenvalue weighted by atomic mass is 32.2. The van der Waals surface area contributed by atoms with Crippen LogP contribution in [0.2, 0.25) is 0 Å². The molecule has 0 atom stereocenters. The topological polar surface area (TPSA) is 134 Å². The predicted octanol–water partition coefficient (Wildman–Crippen LogP) is -1.82. The fourth-order valence-electron chi connectivity index (χ4n) is 0.836. The minimum atomic E-state index is -3.18. The van der Waals surface area contributed by atoms with Crippen LogP contribution in [-0.2, 0) is 14.8 Å². The zero-order chi connectivity index (χ0) is 12.6. The highest BCUT2D eigenvalue weighted by Gasteiger charge is 2.04. The van der Waals surface area contributed by atoms with Crippen molar-refractivity contribution < 1.29 is 18.4 Å². The van der Waals surface area contributed by atoms with Gasteiger partial charge in [0.2, 0.25) is 15.9 Å². The number of amides is 1. The molecule has 0 spiro atoms. The summed E-state index contributed by atoms with van der Waals surface area (Å²) in [6.07, 6.45) is 1.34. The average molecular weight is 252 g/mol. The third kappa shape index (κ3) is 9.21. The van der Waals surface area contributed by atoms with Gasteiger partial charge in [0.1, 0.15) is 5.84 Å². The molecule has 1 amide bonds. The van der Waals surface area contributed by atoms with Crippen molar-refractivity contribution in [3.63, 3.8) is 0 Å². The first kappa shape index (κ1) is 14.6. The largest absolute Gasteiger partial charge is 0.409 e. The number of nitrogens with one attached hydrogen (secondary N) is 2. The quantitative estimate of drug-likeness (QED) is 0.139. The van der Waals surface area contributed by atoms with Gasteiger partial charge in [0.15, 0.2) is 0 Å². The highest BCUT2D eigenvalue weighted by molar-refractivity contribution is 7.88. The van der Waals surface area contributed by atoms with Crippen LogP contribution in [0.25, 0.3) is 0 Å². The van der Waals surface area contributed by atoms with E-state index in [1.54, 1.807) is 0 Å². The minimum Gasteiger partial charge on any atom is -0.409 e. The molecule has 9 heteroatoms. The molecule has 5 N–H and O–H groups in total. The Balaban J connectivity index is 3.56. The second-order valence-corrected chi connectivity index (χ2v) is 4.97. The first-order chi connectivity index (χ1) is 7.35. The summed E-state index contributed by atoms with van der Waals surface area (Å²) in [5.41, 5.74) is 5.11. The summed E-state index contributed by atoms with van der Waals surface area (Å²) in [5.74, 6) is -0.554. The van der Waals surface area contributed by atoms with Crippen molar-refractivity contribution in [2.45, 2.75) is 12.8 Å². The molecule has 0 bridgehead atoms. The fourth-order valence-corrected chi connectivity index (χ4v) is 1.35. The van der Waals surface area contributed by atoms with Crippen molar-refractivity contribution in [1.82, 2.24) is 10.0 Å². The lowest BCUT2D eigenvalue weighted by Gasteiger charge is -2.04. The minimum absolute atomic E-state index is 0.174. The van der Waals surface area contributed by atoms with Gasteiger partial charge in [0.25, 0.3) is 0 Å². The third-order valence-corrected chi connectivity index (χ3v) is 2.24. The summed E-state index contributed by atoms with van der Waals surface area (Å²) in [5, 5.41) is 13.3. The number of hydrogen-bond acceptors (Lipinski definition) is 5. The lowest BCUT2D eigenvalue weighted by atomic mass is 10.3. The summed E-state index contributed by atoms with van der Waals surface area (Å²) in [7, 11) is -3.18. The van der Waals surface area contributed by atoms with Crippen LogP contribution >= 0.6 is 0 Å². The number of nitrogens with two attached hydrogens (primary N) is 1. The Labute approximate surface area is 93.9 Å². The number of carbonyl (C=O) groups is 1. The first-order valence-electron chi connectivity index (χ1n) is 4.53. The molecule has 0 saturated carbocycles. The van der Waals surface area contributed by atoms with Gasteiger partial charge in [0, 0.05) is 13.1 Å². The van der Waals surface area contributed by atoms with Gasteiger partial charge in [-0.3, -0.25) is 4.79 Å². The van der Waals surface area contributed by atoms with E-state index in [1.165, 1.54) is 0 Å². The van der Waals surface area contributed by atoms with Crippen LogP contribution < -0.4 is 15.8 Å². The number of carbonyl (C=O) groups excluding carboxylic acids is 1. The molecule has 0 aliphatic heterocycles. The van der Waals surface area contributed by atoms with Crippen molar-refractivity contribution in [2.24, 2.45) is 10.9 Å². The van der Waals surface area contributed by atoms with Gasteiger partial charge in [-0.1, -0.05) is 5.16 Å². The second kappa shape index (κ2) is 7.01. The van der Waals surface area contributed by atoms with Crippen LogP contribution in [0.4, 0.5) is 0 Å². The van der Waals surface area contributed by atoms with Crippen molar-refractivity contribution in [3.8, 4) is 0 Å². The van der Waals surface area contributed by atoms with E-state index in [0.29, 0.717) is 13.0 Å². The maximum Gasteiger partial charge on any atom is 0.227 e. The van der Waals surface area contributed by atoms with E-state index in [-0.39, 0.29) is 24.7 Å². The molecule has 0 aromatic heterocycles. The molecule has 94 valence electrons. The third-order valence-electron chi connectivity index (χ3n) is 1.51. The van der Waals surface area contributed by atoms with E-state index in [2.05, 4.69) is 15.2 Å². The van der Waals surface area contributed by atoms with Crippen molar-refractivity contribution >= 4 is 21.8 Å². The summed E-state index contributed by atoms with van der Waals surface area (Å²) in [6.45, 7) is 0.572. The molecule has 0 saturated heterocycles.